The molecule has 0 saturated heterocycles. The van der Waals surface area contributed by atoms with Crippen molar-refractivity contribution in [1.82, 2.24) is 10.6 Å². The third-order valence-corrected chi connectivity index (χ3v) is 2.25. The van der Waals surface area contributed by atoms with Crippen LogP contribution in [0.5, 0.6) is 5.75 Å². The summed E-state index contributed by atoms with van der Waals surface area (Å²) < 4.78 is 6.07. The summed E-state index contributed by atoms with van der Waals surface area (Å²) >= 11 is 3.29. The average molecular weight is 301 g/mol. The first kappa shape index (κ1) is 13.5. The topological polar surface area (TPSA) is 67.4 Å². The van der Waals surface area contributed by atoms with E-state index in [1.54, 1.807) is 25.1 Å². The first-order valence-electron chi connectivity index (χ1n) is 5.08. The lowest BCUT2D eigenvalue weighted by atomic mass is 10.3. The molecule has 2 N–H and O–H groups in total. The number of imide groups is 1. The standard InChI is InChI=1S/C11H13BrN2O3/c1-2-13-11(16)14-10(15)7-17-9-5-3-4-8(12)6-9/h3-6H,2,7H2,1H3,(H2,13,14,15,16). The van der Waals surface area contributed by atoms with Crippen molar-refractivity contribution in [1.29, 1.82) is 0 Å². The van der Waals surface area contributed by atoms with E-state index in [4.69, 9.17) is 4.74 Å². The van der Waals surface area contributed by atoms with Crippen molar-refractivity contribution in [2.24, 2.45) is 0 Å². The summed E-state index contributed by atoms with van der Waals surface area (Å²) in [5.41, 5.74) is 0. The van der Waals surface area contributed by atoms with Crippen LogP contribution in [-0.4, -0.2) is 25.1 Å². The van der Waals surface area contributed by atoms with Gasteiger partial charge in [0.15, 0.2) is 6.61 Å². The molecule has 0 fully saturated rings. The second-order valence-electron chi connectivity index (χ2n) is 3.15. The highest BCUT2D eigenvalue weighted by molar-refractivity contribution is 9.10. The number of carbonyl (C=O) groups is 2. The van der Waals surface area contributed by atoms with Crippen LogP contribution in [-0.2, 0) is 4.79 Å². The van der Waals surface area contributed by atoms with Gasteiger partial charge in [0, 0.05) is 11.0 Å². The van der Waals surface area contributed by atoms with Crippen molar-refractivity contribution in [3.8, 4) is 5.75 Å². The van der Waals surface area contributed by atoms with Crippen LogP contribution in [0.1, 0.15) is 6.92 Å². The largest absolute Gasteiger partial charge is 0.484 e. The minimum absolute atomic E-state index is 0.201. The van der Waals surface area contributed by atoms with Crippen LogP contribution in [0.2, 0.25) is 0 Å². The number of benzene rings is 1. The summed E-state index contributed by atoms with van der Waals surface area (Å²) in [4.78, 5) is 22.3. The van der Waals surface area contributed by atoms with Gasteiger partial charge in [0.05, 0.1) is 0 Å². The molecule has 0 spiro atoms. The quantitative estimate of drug-likeness (QED) is 0.889. The maximum Gasteiger partial charge on any atom is 0.321 e. The minimum atomic E-state index is -0.518. The predicted molar refractivity (Wildman–Crippen MR) is 66.9 cm³/mol. The van der Waals surface area contributed by atoms with Gasteiger partial charge in [0.1, 0.15) is 5.75 Å². The Morgan fingerprint density at radius 2 is 2.18 bits per heavy atom. The fraction of sp³-hybridized carbons (Fsp3) is 0.273. The van der Waals surface area contributed by atoms with Crippen LogP contribution in [0.3, 0.4) is 0 Å². The molecule has 1 aromatic rings. The maximum atomic E-state index is 11.3. The van der Waals surface area contributed by atoms with Crippen molar-refractivity contribution >= 4 is 27.9 Å². The van der Waals surface area contributed by atoms with Crippen LogP contribution < -0.4 is 15.4 Å². The van der Waals surface area contributed by atoms with Gasteiger partial charge in [-0.15, -0.1) is 0 Å². The number of nitrogens with one attached hydrogen (secondary N) is 2. The Bertz CT molecular complexity index is 409. The van der Waals surface area contributed by atoms with Crippen LogP contribution in [0, 0.1) is 0 Å². The summed E-state index contributed by atoms with van der Waals surface area (Å²) in [5.74, 6) is 0.0707. The molecule has 0 aliphatic rings. The fourth-order valence-corrected chi connectivity index (χ4v) is 1.45. The molecule has 6 heteroatoms. The minimum Gasteiger partial charge on any atom is -0.484 e. The number of hydrogen-bond acceptors (Lipinski definition) is 3. The van der Waals surface area contributed by atoms with E-state index in [2.05, 4.69) is 26.6 Å². The highest BCUT2D eigenvalue weighted by atomic mass is 79.9. The van der Waals surface area contributed by atoms with Gasteiger partial charge >= 0.3 is 6.03 Å². The molecule has 17 heavy (non-hydrogen) atoms. The highest BCUT2D eigenvalue weighted by Crippen LogP contribution is 2.17. The van der Waals surface area contributed by atoms with Crippen molar-refractivity contribution in [2.45, 2.75) is 6.92 Å². The van der Waals surface area contributed by atoms with E-state index < -0.39 is 11.9 Å². The summed E-state index contributed by atoms with van der Waals surface area (Å²) in [6.45, 7) is 2.03. The summed E-state index contributed by atoms with van der Waals surface area (Å²) in [7, 11) is 0. The first-order valence-corrected chi connectivity index (χ1v) is 5.87. The molecule has 0 atom stereocenters. The van der Waals surface area contributed by atoms with Gasteiger partial charge in [-0.3, -0.25) is 10.1 Å². The normalized spacial score (nSPS) is 9.53. The highest BCUT2D eigenvalue weighted by Gasteiger charge is 2.07. The van der Waals surface area contributed by atoms with E-state index >= 15 is 0 Å². The molecule has 3 amide bonds. The summed E-state index contributed by atoms with van der Waals surface area (Å²) in [5, 5.41) is 4.59. The molecule has 0 radical (unpaired) electrons. The van der Waals surface area contributed by atoms with Gasteiger partial charge in [-0.2, -0.15) is 0 Å². The molecular formula is C11H13BrN2O3. The van der Waals surface area contributed by atoms with Gasteiger partial charge in [0.25, 0.3) is 5.91 Å². The van der Waals surface area contributed by atoms with Crippen LogP contribution in [0.25, 0.3) is 0 Å². The van der Waals surface area contributed by atoms with Crippen molar-refractivity contribution in [3.05, 3.63) is 28.7 Å². The van der Waals surface area contributed by atoms with Crippen molar-refractivity contribution in [2.75, 3.05) is 13.2 Å². The van der Waals surface area contributed by atoms with Crippen molar-refractivity contribution < 1.29 is 14.3 Å². The third kappa shape index (κ3) is 5.35. The number of ether oxygens (including phenoxy) is 1. The summed E-state index contributed by atoms with van der Waals surface area (Å²) in [6, 6.07) is 6.59. The number of halogens is 1. The zero-order valence-electron chi connectivity index (χ0n) is 9.33. The molecule has 0 aliphatic carbocycles. The van der Waals surface area contributed by atoms with Crippen LogP contribution >= 0.6 is 15.9 Å². The molecule has 0 bridgehead atoms. The van der Waals surface area contributed by atoms with Gasteiger partial charge in [-0.05, 0) is 25.1 Å². The molecule has 0 saturated carbocycles. The first-order chi connectivity index (χ1) is 8.11. The van der Waals surface area contributed by atoms with E-state index in [9.17, 15) is 9.59 Å². The number of rotatable bonds is 4. The summed E-state index contributed by atoms with van der Waals surface area (Å²) in [6.07, 6.45) is 0. The lowest BCUT2D eigenvalue weighted by Crippen LogP contribution is -2.41. The lowest BCUT2D eigenvalue weighted by molar-refractivity contribution is -0.122. The second-order valence-corrected chi connectivity index (χ2v) is 4.07. The van der Waals surface area contributed by atoms with E-state index in [-0.39, 0.29) is 6.61 Å². The Balaban J connectivity index is 2.35. The van der Waals surface area contributed by atoms with E-state index in [0.717, 1.165) is 4.47 Å². The van der Waals surface area contributed by atoms with Gasteiger partial charge in [-0.1, -0.05) is 22.0 Å². The molecule has 1 rings (SSSR count). The predicted octanol–water partition coefficient (Wildman–Crippen LogP) is 1.67. The van der Waals surface area contributed by atoms with E-state index in [1.807, 2.05) is 6.07 Å². The fourth-order valence-electron chi connectivity index (χ4n) is 1.07. The average Bonchev–Trinajstić information content (AvgIpc) is 2.27. The number of urea groups is 1. The van der Waals surface area contributed by atoms with Gasteiger partial charge in [0.2, 0.25) is 0 Å². The van der Waals surface area contributed by atoms with Gasteiger partial charge in [-0.25, -0.2) is 4.79 Å². The SMILES string of the molecule is CCNC(=O)NC(=O)COc1cccc(Br)c1. The molecule has 92 valence electrons. The Kier molecular flexibility index (Phi) is 5.48. The smallest absolute Gasteiger partial charge is 0.321 e. The molecule has 0 aliphatic heterocycles. The Morgan fingerprint density at radius 1 is 1.41 bits per heavy atom. The lowest BCUT2D eigenvalue weighted by Gasteiger charge is -2.07. The maximum absolute atomic E-state index is 11.3. The molecule has 0 unspecified atom stereocenters. The third-order valence-electron chi connectivity index (χ3n) is 1.76. The second kappa shape index (κ2) is 6.90. The molecule has 1 aromatic carbocycles. The monoisotopic (exact) mass is 300 g/mol. The van der Waals surface area contributed by atoms with Crippen LogP contribution in [0.4, 0.5) is 4.79 Å². The Labute approximate surface area is 108 Å². The molecule has 0 aromatic heterocycles. The zero-order valence-corrected chi connectivity index (χ0v) is 10.9. The zero-order chi connectivity index (χ0) is 12.7. The Morgan fingerprint density at radius 3 is 2.82 bits per heavy atom. The molecule has 0 heterocycles. The van der Waals surface area contributed by atoms with Crippen LogP contribution in [0.15, 0.2) is 28.7 Å². The van der Waals surface area contributed by atoms with E-state index in [0.29, 0.717) is 12.3 Å². The molecule has 5 nitrogen and oxygen atoms in total. The van der Waals surface area contributed by atoms with Gasteiger partial charge < -0.3 is 10.1 Å². The van der Waals surface area contributed by atoms with Crippen molar-refractivity contribution in [3.63, 3.8) is 0 Å². The number of carbonyl (C=O) groups excluding carboxylic acids is 2. The Hall–Kier alpha value is -1.56. The van der Waals surface area contributed by atoms with E-state index in [1.165, 1.54) is 0 Å². The number of hydrogen-bond donors (Lipinski definition) is 2. The molecular weight excluding hydrogens is 288 g/mol. The number of amides is 3.